The van der Waals surface area contributed by atoms with E-state index in [1.807, 2.05) is 62.4 Å². The summed E-state index contributed by atoms with van der Waals surface area (Å²) in [5, 5.41) is 6.06. The summed E-state index contributed by atoms with van der Waals surface area (Å²) in [5.74, 6) is -1.14. The standard InChI is InChI=1S/C25H30N4O3/c1-16(2)27-23(31)20-14-29(24(32)21(26)12-17-8-4-3-5-9-17)15-25(20)13-18-10-6-7-11-19(18)22(30)28-25/h3-11,16,20-21H,12-15,26H2,1-2H3,(H,27,31)(H,28,30)/t20-,21+,25-/m0/s1. The third-order valence-electron chi connectivity index (χ3n) is 6.35. The number of rotatable bonds is 5. The lowest BCUT2D eigenvalue weighted by molar-refractivity contribution is -0.132. The zero-order valence-electron chi connectivity index (χ0n) is 18.5. The molecule has 3 atom stereocenters. The second-order valence-corrected chi connectivity index (χ2v) is 9.18. The summed E-state index contributed by atoms with van der Waals surface area (Å²) in [6, 6.07) is 16.3. The van der Waals surface area contributed by atoms with Crippen LogP contribution in [-0.2, 0) is 22.4 Å². The maximum Gasteiger partial charge on any atom is 0.252 e. The van der Waals surface area contributed by atoms with E-state index in [4.69, 9.17) is 5.73 Å². The second-order valence-electron chi connectivity index (χ2n) is 9.18. The molecule has 0 unspecified atom stereocenters. The van der Waals surface area contributed by atoms with Gasteiger partial charge in [0.25, 0.3) is 5.91 Å². The van der Waals surface area contributed by atoms with Crippen LogP contribution in [0.4, 0.5) is 0 Å². The zero-order valence-corrected chi connectivity index (χ0v) is 18.5. The highest BCUT2D eigenvalue weighted by Gasteiger charge is 2.54. The van der Waals surface area contributed by atoms with Gasteiger partial charge in [-0.3, -0.25) is 14.4 Å². The molecule has 0 radical (unpaired) electrons. The summed E-state index contributed by atoms with van der Waals surface area (Å²) in [7, 11) is 0. The minimum Gasteiger partial charge on any atom is -0.354 e. The van der Waals surface area contributed by atoms with Crippen molar-refractivity contribution < 1.29 is 14.4 Å². The molecule has 1 saturated heterocycles. The average Bonchev–Trinajstić information content (AvgIpc) is 3.11. The van der Waals surface area contributed by atoms with Crippen molar-refractivity contribution in [3.8, 4) is 0 Å². The number of amides is 3. The fourth-order valence-electron chi connectivity index (χ4n) is 4.87. The molecule has 2 aliphatic rings. The molecule has 4 N–H and O–H groups in total. The van der Waals surface area contributed by atoms with Gasteiger partial charge in [-0.1, -0.05) is 48.5 Å². The lowest BCUT2D eigenvalue weighted by Crippen LogP contribution is -2.62. The topological polar surface area (TPSA) is 105 Å². The number of nitrogens with two attached hydrogens (primary N) is 1. The van der Waals surface area contributed by atoms with Crippen molar-refractivity contribution in [1.82, 2.24) is 15.5 Å². The monoisotopic (exact) mass is 434 g/mol. The van der Waals surface area contributed by atoms with Gasteiger partial charge in [0.2, 0.25) is 11.8 Å². The van der Waals surface area contributed by atoms with Crippen LogP contribution in [0, 0.1) is 5.92 Å². The third-order valence-corrected chi connectivity index (χ3v) is 6.35. The van der Waals surface area contributed by atoms with Gasteiger partial charge in [0.1, 0.15) is 0 Å². The van der Waals surface area contributed by atoms with E-state index >= 15 is 0 Å². The van der Waals surface area contributed by atoms with Crippen molar-refractivity contribution in [3.05, 3.63) is 71.3 Å². The van der Waals surface area contributed by atoms with Crippen molar-refractivity contribution in [3.63, 3.8) is 0 Å². The number of nitrogens with one attached hydrogen (secondary N) is 2. The number of carbonyl (C=O) groups excluding carboxylic acids is 3. The first kappa shape index (κ1) is 22.0. The SMILES string of the molecule is CC(C)NC(=O)[C@@H]1CN(C(=O)[C@H](N)Cc2ccccc2)C[C@@]12Cc1ccccc1C(=O)N2. The van der Waals surface area contributed by atoms with Gasteiger partial charge in [0, 0.05) is 24.7 Å². The first-order valence-electron chi connectivity index (χ1n) is 11.1. The Morgan fingerprint density at radius 1 is 1.16 bits per heavy atom. The van der Waals surface area contributed by atoms with Gasteiger partial charge in [0.15, 0.2) is 0 Å². The molecule has 0 saturated carbocycles. The molecule has 7 heteroatoms. The Hall–Kier alpha value is -3.19. The summed E-state index contributed by atoms with van der Waals surface area (Å²) >= 11 is 0. The molecule has 1 fully saturated rings. The van der Waals surface area contributed by atoms with E-state index in [-0.39, 0.29) is 36.9 Å². The molecule has 2 aromatic rings. The lowest BCUT2D eigenvalue weighted by Gasteiger charge is -2.39. The van der Waals surface area contributed by atoms with Crippen LogP contribution in [0.15, 0.2) is 54.6 Å². The maximum atomic E-state index is 13.2. The van der Waals surface area contributed by atoms with Crippen LogP contribution in [-0.4, -0.2) is 53.3 Å². The molecule has 2 heterocycles. The number of nitrogens with zero attached hydrogens (tertiary/aromatic N) is 1. The molecule has 2 aliphatic heterocycles. The number of benzene rings is 2. The maximum absolute atomic E-state index is 13.2. The predicted molar refractivity (Wildman–Crippen MR) is 122 cm³/mol. The van der Waals surface area contributed by atoms with Crippen LogP contribution in [0.1, 0.15) is 35.3 Å². The summed E-state index contributed by atoms with van der Waals surface area (Å²) in [6.45, 7) is 4.27. The molecule has 2 aromatic carbocycles. The van der Waals surface area contributed by atoms with E-state index in [0.717, 1.165) is 11.1 Å². The van der Waals surface area contributed by atoms with Gasteiger partial charge in [-0.15, -0.1) is 0 Å². The van der Waals surface area contributed by atoms with E-state index in [1.165, 1.54) is 0 Å². The van der Waals surface area contributed by atoms with E-state index in [1.54, 1.807) is 11.0 Å². The van der Waals surface area contributed by atoms with E-state index < -0.39 is 17.5 Å². The number of fused-ring (bicyclic) bond motifs is 1. The minimum atomic E-state index is -0.855. The van der Waals surface area contributed by atoms with Crippen LogP contribution in [0.3, 0.4) is 0 Å². The van der Waals surface area contributed by atoms with E-state index in [2.05, 4.69) is 10.6 Å². The highest BCUT2D eigenvalue weighted by atomic mass is 16.2. The average molecular weight is 435 g/mol. The van der Waals surface area contributed by atoms with Crippen LogP contribution >= 0.6 is 0 Å². The van der Waals surface area contributed by atoms with E-state index in [0.29, 0.717) is 18.4 Å². The first-order valence-corrected chi connectivity index (χ1v) is 11.1. The Kier molecular flexibility index (Phi) is 6.02. The Morgan fingerprint density at radius 3 is 2.56 bits per heavy atom. The number of hydrogen-bond acceptors (Lipinski definition) is 4. The minimum absolute atomic E-state index is 0.0452. The van der Waals surface area contributed by atoms with Crippen molar-refractivity contribution in [2.24, 2.45) is 11.7 Å². The fraction of sp³-hybridized carbons (Fsp3) is 0.400. The van der Waals surface area contributed by atoms with Gasteiger partial charge in [-0.25, -0.2) is 0 Å². The third kappa shape index (κ3) is 4.25. The van der Waals surface area contributed by atoms with Crippen molar-refractivity contribution >= 4 is 17.7 Å². The molecule has 168 valence electrons. The molecular formula is C25H30N4O3. The highest BCUT2D eigenvalue weighted by Crippen LogP contribution is 2.36. The summed E-state index contributed by atoms with van der Waals surface area (Å²) < 4.78 is 0. The largest absolute Gasteiger partial charge is 0.354 e. The molecule has 4 rings (SSSR count). The number of hydrogen-bond donors (Lipinski definition) is 3. The molecule has 7 nitrogen and oxygen atoms in total. The van der Waals surface area contributed by atoms with Crippen molar-refractivity contribution in [2.45, 2.75) is 44.3 Å². The molecule has 0 aromatic heterocycles. The normalized spacial score (nSPS) is 23.1. The first-order chi connectivity index (χ1) is 15.3. The quantitative estimate of drug-likeness (QED) is 0.659. The van der Waals surface area contributed by atoms with Crippen molar-refractivity contribution in [2.75, 3.05) is 13.1 Å². The van der Waals surface area contributed by atoms with Crippen LogP contribution in [0.25, 0.3) is 0 Å². The zero-order chi connectivity index (χ0) is 22.9. The molecular weight excluding hydrogens is 404 g/mol. The summed E-state index contributed by atoms with van der Waals surface area (Å²) in [4.78, 5) is 41.0. The Bertz CT molecular complexity index is 1020. The van der Waals surface area contributed by atoms with Crippen LogP contribution < -0.4 is 16.4 Å². The highest BCUT2D eigenvalue weighted by molar-refractivity contribution is 5.98. The van der Waals surface area contributed by atoms with Gasteiger partial charge >= 0.3 is 0 Å². The van der Waals surface area contributed by atoms with Gasteiger partial charge in [-0.05, 0) is 43.9 Å². The van der Waals surface area contributed by atoms with Crippen molar-refractivity contribution in [1.29, 1.82) is 0 Å². The second kappa shape index (κ2) is 8.74. The Morgan fingerprint density at radius 2 is 1.84 bits per heavy atom. The Balaban J connectivity index is 1.60. The Labute approximate surface area is 188 Å². The van der Waals surface area contributed by atoms with Gasteiger partial charge in [0.05, 0.1) is 17.5 Å². The number of carbonyl (C=O) groups is 3. The molecule has 32 heavy (non-hydrogen) atoms. The molecule has 0 bridgehead atoms. The van der Waals surface area contributed by atoms with Crippen LogP contribution in [0.2, 0.25) is 0 Å². The predicted octanol–water partition coefficient (Wildman–Crippen LogP) is 1.26. The summed E-state index contributed by atoms with van der Waals surface area (Å²) in [5.41, 5.74) is 7.91. The van der Waals surface area contributed by atoms with E-state index in [9.17, 15) is 14.4 Å². The van der Waals surface area contributed by atoms with Gasteiger partial charge < -0.3 is 21.3 Å². The smallest absolute Gasteiger partial charge is 0.252 e. The lowest BCUT2D eigenvalue weighted by atomic mass is 9.77. The number of likely N-dealkylation sites (tertiary alicyclic amines) is 1. The van der Waals surface area contributed by atoms with Crippen LogP contribution in [0.5, 0.6) is 0 Å². The molecule has 3 amide bonds. The molecule has 1 spiro atoms. The summed E-state index contributed by atoms with van der Waals surface area (Å²) in [6.07, 6.45) is 0.907. The fourth-order valence-corrected chi connectivity index (χ4v) is 4.87. The van der Waals surface area contributed by atoms with Gasteiger partial charge in [-0.2, -0.15) is 0 Å². The molecule has 0 aliphatic carbocycles.